The highest BCUT2D eigenvalue weighted by Gasteiger charge is 2.43. The SMILES string of the molecule is CC[C@H]1CN2CC[C@H]1C[C@H]2C(NC(=S)Nc1c(Cl)cc(C(F)(F)F)cc1Cl)c1ccnc2ccc(OC)cc12. The summed E-state index contributed by atoms with van der Waals surface area (Å²) in [6.07, 6.45) is 0.543. The van der Waals surface area contributed by atoms with E-state index in [1.54, 1.807) is 13.3 Å². The number of benzene rings is 2. The van der Waals surface area contributed by atoms with Gasteiger partial charge in [-0.2, -0.15) is 13.2 Å². The van der Waals surface area contributed by atoms with E-state index in [4.69, 9.17) is 40.2 Å². The summed E-state index contributed by atoms with van der Waals surface area (Å²) in [5, 5.41) is 7.25. The zero-order valence-electron chi connectivity index (χ0n) is 21.5. The molecule has 3 aliphatic rings. The quantitative estimate of drug-likeness (QED) is 0.284. The fourth-order valence-corrected chi connectivity index (χ4v) is 6.87. The van der Waals surface area contributed by atoms with E-state index in [9.17, 15) is 13.2 Å². The first-order valence-electron chi connectivity index (χ1n) is 12.9. The van der Waals surface area contributed by atoms with Gasteiger partial charge in [0.1, 0.15) is 5.75 Å². The first-order chi connectivity index (χ1) is 18.6. The van der Waals surface area contributed by atoms with Crippen LogP contribution in [0.4, 0.5) is 18.9 Å². The van der Waals surface area contributed by atoms with E-state index in [0.29, 0.717) is 11.8 Å². The van der Waals surface area contributed by atoms with Crippen molar-refractivity contribution in [2.24, 2.45) is 11.8 Å². The van der Waals surface area contributed by atoms with Gasteiger partial charge >= 0.3 is 6.18 Å². The molecular weight excluding hydrogens is 568 g/mol. The van der Waals surface area contributed by atoms with Crippen molar-refractivity contribution in [3.63, 3.8) is 0 Å². The minimum Gasteiger partial charge on any atom is -0.497 e. The second-order valence-electron chi connectivity index (χ2n) is 10.2. The Morgan fingerprint density at radius 1 is 1.21 bits per heavy atom. The van der Waals surface area contributed by atoms with Gasteiger partial charge < -0.3 is 15.4 Å². The summed E-state index contributed by atoms with van der Waals surface area (Å²) in [6.45, 7) is 4.27. The van der Waals surface area contributed by atoms with E-state index in [2.05, 4.69) is 27.4 Å². The van der Waals surface area contributed by atoms with Crippen LogP contribution in [-0.4, -0.2) is 41.2 Å². The Morgan fingerprint density at radius 2 is 1.95 bits per heavy atom. The van der Waals surface area contributed by atoms with Crippen molar-refractivity contribution in [1.29, 1.82) is 0 Å². The van der Waals surface area contributed by atoms with Gasteiger partial charge in [0.05, 0.1) is 40.0 Å². The molecule has 4 heterocycles. The number of hydrogen-bond donors (Lipinski definition) is 2. The molecule has 5 nitrogen and oxygen atoms in total. The van der Waals surface area contributed by atoms with Gasteiger partial charge in [0.25, 0.3) is 0 Å². The van der Waals surface area contributed by atoms with E-state index in [1.165, 1.54) is 6.42 Å². The topological polar surface area (TPSA) is 49.4 Å². The molecule has 1 aromatic heterocycles. The molecule has 208 valence electrons. The number of hydrogen-bond acceptors (Lipinski definition) is 4. The van der Waals surface area contributed by atoms with E-state index in [0.717, 1.165) is 60.3 Å². The number of nitrogens with one attached hydrogen (secondary N) is 2. The van der Waals surface area contributed by atoms with Crippen LogP contribution < -0.4 is 15.4 Å². The number of rotatable bonds is 6. The molecule has 2 aromatic carbocycles. The van der Waals surface area contributed by atoms with Gasteiger partial charge in [-0.1, -0.05) is 36.5 Å². The summed E-state index contributed by atoms with van der Waals surface area (Å²) in [6, 6.07) is 9.37. The third-order valence-corrected chi connectivity index (χ3v) is 8.87. The second-order valence-corrected chi connectivity index (χ2v) is 11.4. The number of pyridine rings is 1. The van der Waals surface area contributed by atoms with Crippen molar-refractivity contribution < 1.29 is 17.9 Å². The molecule has 39 heavy (non-hydrogen) atoms. The predicted octanol–water partition coefficient (Wildman–Crippen LogP) is 7.72. The van der Waals surface area contributed by atoms with Gasteiger partial charge in [-0.25, -0.2) is 0 Å². The number of thiocarbonyl (C=S) groups is 1. The summed E-state index contributed by atoms with van der Waals surface area (Å²) in [4.78, 5) is 7.07. The van der Waals surface area contributed by atoms with E-state index in [1.807, 2.05) is 24.3 Å². The molecule has 6 rings (SSSR count). The highest BCUT2D eigenvalue weighted by atomic mass is 35.5. The van der Waals surface area contributed by atoms with Gasteiger partial charge in [0.15, 0.2) is 5.11 Å². The Balaban J connectivity index is 1.50. The number of ether oxygens (including phenoxy) is 1. The smallest absolute Gasteiger partial charge is 0.416 e. The first-order valence-corrected chi connectivity index (χ1v) is 14.1. The summed E-state index contributed by atoms with van der Waals surface area (Å²) in [7, 11) is 1.63. The number of fused-ring (bicyclic) bond motifs is 4. The molecule has 0 spiro atoms. The van der Waals surface area contributed by atoms with E-state index < -0.39 is 11.7 Å². The number of nitrogens with zero attached hydrogens (tertiary/aromatic N) is 2. The molecule has 2 bridgehead atoms. The average Bonchev–Trinajstić information content (AvgIpc) is 2.92. The highest BCUT2D eigenvalue weighted by Crippen LogP contribution is 2.43. The third-order valence-electron chi connectivity index (χ3n) is 8.06. The maximum Gasteiger partial charge on any atom is 0.416 e. The molecule has 5 atom stereocenters. The van der Waals surface area contributed by atoms with Crippen LogP contribution in [-0.2, 0) is 6.18 Å². The summed E-state index contributed by atoms with van der Waals surface area (Å²) in [5.41, 5.74) is 1.04. The number of methoxy groups -OCH3 is 1. The Morgan fingerprint density at radius 3 is 2.56 bits per heavy atom. The molecule has 3 aromatic rings. The van der Waals surface area contributed by atoms with E-state index in [-0.39, 0.29) is 32.9 Å². The lowest BCUT2D eigenvalue weighted by Crippen LogP contribution is -2.58. The van der Waals surface area contributed by atoms with Gasteiger partial charge in [0.2, 0.25) is 0 Å². The molecule has 11 heteroatoms. The van der Waals surface area contributed by atoms with Crippen LogP contribution in [0.1, 0.15) is 43.4 Å². The minimum absolute atomic E-state index is 0.125. The molecule has 2 N–H and O–H groups in total. The van der Waals surface area contributed by atoms with Crippen LogP contribution in [0.2, 0.25) is 10.0 Å². The van der Waals surface area contributed by atoms with Gasteiger partial charge in [-0.15, -0.1) is 0 Å². The lowest BCUT2D eigenvalue weighted by atomic mass is 9.72. The van der Waals surface area contributed by atoms with Crippen LogP contribution in [0.15, 0.2) is 42.6 Å². The van der Waals surface area contributed by atoms with Gasteiger partial charge in [-0.05, 0) is 85.4 Å². The number of aromatic nitrogens is 1. The van der Waals surface area contributed by atoms with Crippen LogP contribution in [0, 0.1) is 11.8 Å². The zero-order chi connectivity index (χ0) is 27.9. The third kappa shape index (κ3) is 5.78. The van der Waals surface area contributed by atoms with Crippen molar-refractivity contribution in [2.75, 3.05) is 25.5 Å². The molecule has 0 amide bonds. The van der Waals surface area contributed by atoms with Crippen molar-refractivity contribution in [1.82, 2.24) is 15.2 Å². The Bertz CT molecular complexity index is 1370. The fourth-order valence-electron chi connectivity index (χ4n) is 6.06. The largest absolute Gasteiger partial charge is 0.497 e. The Labute approximate surface area is 241 Å². The van der Waals surface area contributed by atoms with Crippen LogP contribution in [0.25, 0.3) is 10.9 Å². The Kier molecular flexibility index (Phi) is 8.15. The van der Waals surface area contributed by atoms with Crippen molar-refractivity contribution >= 4 is 57.1 Å². The lowest BCUT2D eigenvalue weighted by molar-refractivity contribution is -0.137. The molecule has 3 fully saturated rings. The summed E-state index contributed by atoms with van der Waals surface area (Å²) in [5.74, 6) is 2.01. The number of piperidine rings is 3. The van der Waals surface area contributed by atoms with Crippen LogP contribution >= 0.6 is 35.4 Å². The van der Waals surface area contributed by atoms with Gasteiger partial charge in [-0.3, -0.25) is 9.88 Å². The number of halogens is 5. The van der Waals surface area contributed by atoms with Crippen molar-refractivity contribution in [2.45, 2.75) is 44.4 Å². The maximum absolute atomic E-state index is 13.2. The first kappa shape index (κ1) is 28.2. The summed E-state index contributed by atoms with van der Waals surface area (Å²) >= 11 is 18.1. The number of anilines is 1. The lowest BCUT2D eigenvalue weighted by Gasteiger charge is -2.52. The molecule has 0 radical (unpaired) electrons. The minimum atomic E-state index is -4.57. The normalized spacial score (nSPS) is 23.5. The molecule has 2 unspecified atom stereocenters. The molecule has 0 saturated carbocycles. The van der Waals surface area contributed by atoms with Crippen molar-refractivity contribution in [3.8, 4) is 5.75 Å². The molecule has 3 saturated heterocycles. The zero-order valence-corrected chi connectivity index (χ0v) is 23.8. The molecular formula is C28H29Cl2F3N4OS. The standard InChI is InChI=1S/C28H29Cl2F3N4OS/c1-3-15-14-37-9-7-16(15)10-24(37)25(19-6-8-34-23-5-4-18(38-2)13-20(19)23)35-27(39)36-26-21(29)11-17(12-22(26)30)28(31,32)33/h4-6,8,11-13,15-16,24-25H,3,7,9-10,14H2,1-2H3,(H2,35,36,39)/t15-,16-,24-,25?/m0/s1. The second kappa shape index (κ2) is 11.3. The molecule has 0 aliphatic carbocycles. The average molecular weight is 598 g/mol. The van der Waals surface area contributed by atoms with Crippen LogP contribution in [0.3, 0.4) is 0 Å². The summed E-state index contributed by atoms with van der Waals surface area (Å²) < 4.78 is 45.2. The number of alkyl halides is 3. The van der Waals surface area contributed by atoms with Crippen molar-refractivity contribution in [3.05, 3.63) is 63.8 Å². The van der Waals surface area contributed by atoms with Crippen LogP contribution in [0.5, 0.6) is 5.75 Å². The maximum atomic E-state index is 13.2. The molecule has 3 aliphatic heterocycles. The van der Waals surface area contributed by atoms with Gasteiger partial charge in [0, 0.05) is 24.2 Å². The highest BCUT2D eigenvalue weighted by molar-refractivity contribution is 7.80. The predicted molar refractivity (Wildman–Crippen MR) is 154 cm³/mol. The monoisotopic (exact) mass is 596 g/mol. The fraction of sp³-hybridized carbons (Fsp3) is 0.429. The van der Waals surface area contributed by atoms with E-state index >= 15 is 0 Å². The Hall–Kier alpha value is -2.33.